The molecule has 2 aliphatic carbocycles. The topological polar surface area (TPSA) is 12.0 Å². The number of nitrogens with one attached hydrogen (secondary N) is 1. The smallest absolute Gasteiger partial charge is 0.126 e. The minimum absolute atomic E-state index is 0.320. The van der Waals surface area contributed by atoms with Gasteiger partial charge in [-0.3, -0.25) is 0 Å². The first-order chi connectivity index (χ1) is 9.81. The highest BCUT2D eigenvalue weighted by Gasteiger charge is 2.58. The van der Waals surface area contributed by atoms with E-state index in [9.17, 15) is 8.78 Å². The maximum Gasteiger partial charge on any atom is 0.126 e. The highest BCUT2D eigenvalue weighted by Crippen LogP contribution is 2.62. The van der Waals surface area contributed by atoms with E-state index in [1.54, 1.807) is 0 Å². The summed E-state index contributed by atoms with van der Waals surface area (Å²) in [6, 6.07) is 4.29. The van der Waals surface area contributed by atoms with Crippen molar-refractivity contribution in [3.8, 4) is 0 Å². The standard InChI is InChI=1S/C18H25F2N/c1-17(2)13-4-6-18(3,11-13)16(17)21-7-5-12-8-14(19)10-15(20)9-12/h8-10,13,16,21H,4-7,11H2,1-3H3. The first kappa shape index (κ1) is 15.0. The van der Waals surface area contributed by atoms with Crippen LogP contribution in [0.5, 0.6) is 0 Å². The lowest BCUT2D eigenvalue weighted by Crippen LogP contribution is -2.50. The van der Waals surface area contributed by atoms with Crippen molar-refractivity contribution in [2.75, 3.05) is 6.54 Å². The lowest BCUT2D eigenvalue weighted by atomic mass is 9.68. The summed E-state index contributed by atoms with van der Waals surface area (Å²) in [5.41, 5.74) is 1.44. The van der Waals surface area contributed by atoms with E-state index >= 15 is 0 Å². The molecule has 116 valence electrons. The lowest BCUT2D eigenvalue weighted by molar-refractivity contribution is 0.110. The number of rotatable bonds is 4. The van der Waals surface area contributed by atoms with Gasteiger partial charge in [-0.1, -0.05) is 20.8 Å². The Morgan fingerprint density at radius 2 is 1.81 bits per heavy atom. The molecule has 0 amide bonds. The highest BCUT2D eigenvalue weighted by molar-refractivity contribution is 5.18. The molecule has 0 radical (unpaired) electrons. The normalized spacial score (nSPS) is 33.6. The number of halogens is 2. The SMILES string of the molecule is CC12CCC(C1)C(C)(C)C2NCCc1cc(F)cc(F)c1. The van der Waals surface area contributed by atoms with Gasteiger partial charge in [0.2, 0.25) is 0 Å². The van der Waals surface area contributed by atoms with Crippen LogP contribution in [0.4, 0.5) is 8.78 Å². The fourth-order valence-corrected chi connectivity index (χ4v) is 4.93. The molecular weight excluding hydrogens is 268 g/mol. The van der Waals surface area contributed by atoms with Crippen molar-refractivity contribution in [3.63, 3.8) is 0 Å². The summed E-state index contributed by atoms with van der Waals surface area (Å²) in [5, 5.41) is 3.69. The summed E-state index contributed by atoms with van der Waals surface area (Å²) in [7, 11) is 0. The molecule has 0 heterocycles. The van der Waals surface area contributed by atoms with Crippen LogP contribution in [0, 0.1) is 28.4 Å². The second kappa shape index (κ2) is 5.05. The third-order valence-electron chi connectivity index (χ3n) is 5.95. The van der Waals surface area contributed by atoms with E-state index in [0.29, 0.717) is 23.3 Å². The fraction of sp³-hybridized carbons (Fsp3) is 0.667. The van der Waals surface area contributed by atoms with Crippen LogP contribution in [-0.2, 0) is 6.42 Å². The molecule has 3 atom stereocenters. The minimum Gasteiger partial charge on any atom is -0.313 e. The molecule has 1 nitrogen and oxygen atoms in total. The second-order valence-electron chi connectivity index (χ2n) is 7.83. The summed E-state index contributed by atoms with van der Waals surface area (Å²) in [6.07, 6.45) is 4.62. The van der Waals surface area contributed by atoms with Crippen molar-refractivity contribution in [2.45, 2.75) is 52.5 Å². The average molecular weight is 293 g/mol. The number of benzene rings is 1. The van der Waals surface area contributed by atoms with Gasteiger partial charge in [-0.2, -0.15) is 0 Å². The van der Waals surface area contributed by atoms with E-state index in [2.05, 4.69) is 26.1 Å². The van der Waals surface area contributed by atoms with Crippen molar-refractivity contribution < 1.29 is 8.78 Å². The third-order valence-corrected chi connectivity index (χ3v) is 5.95. The largest absolute Gasteiger partial charge is 0.313 e. The Balaban J connectivity index is 1.63. The van der Waals surface area contributed by atoms with Gasteiger partial charge < -0.3 is 5.32 Å². The van der Waals surface area contributed by atoms with E-state index < -0.39 is 11.6 Å². The van der Waals surface area contributed by atoms with Gasteiger partial charge in [0, 0.05) is 12.1 Å². The molecule has 1 aromatic carbocycles. The zero-order valence-electron chi connectivity index (χ0n) is 13.2. The Labute approximate surface area is 126 Å². The molecule has 3 rings (SSSR count). The first-order valence-electron chi connectivity index (χ1n) is 8.00. The molecule has 2 aliphatic rings. The predicted octanol–water partition coefficient (Wildman–Crippen LogP) is 4.31. The predicted molar refractivity (Wildman–Crippen MR) is 81.1 cm³/mol. The van der Waals surface area contributed by atoms with Gasteiger partial charge in [-0.05, 0) is 66.7 Å². The Hall–Kier alpha value is -0.960. The maximum atomic E-state index is 13.2. The molecule has 3 heteroatoms. The van der Waals surface area contributed by atoms with Crippen LogP contribution in [0.15, 0.2) is 18.2 Å². The van der Waals surface area contributed by atoms with Gasteiger partial charge in [-0.15, -0.1) is 0 Å². The van der Waals surface area contributed by atoms with Crippen LogP contribution in [0.25, 0.3) is 0 Å². The van der Waals surface area contributed by atoms with Gasteiger partial charge in [0.15, 0.2) is 0 Å². The second-order valence-corrected chi connectivity index (χ2v) is 7.83. The van der Waals surface area contributed by atoms with Crippen LogP contribution in [0.3, 0.4) is 0 Å². The quantitative estimate of drug-likeness (QED) is 0.872. The molecule has 3 unspecified atom stereocenters. The first-order valence-corrected chi connectivity index (χ1v) is 8.00. The van der Waals surface area contributed by atoms with Crippen molar-refractivity contribution in [2.24, 2.45) is 16.7 Å². The van der Waals surface area contributed by atoms with Gasteiger partial charge in [0.05, 0.1) is 0 Å². The average Bonchev–Trinajstić information content (AvgIpc) is 2.83. The molecule has 21 heavy (non-hydrogen) atoms. The van der Waals surface area contributed by atoms with E-state index in [-0.39, 0.29) is 0 Å². The molecular formula is C18H25F2N. The zero-order chi connectivity index (χ0) is 15.3. The van der Waals surface area contributed by atoms with Crippen molar-refractivity contribution in [1.82, 2.24) is 5.32 Å². The van der Waals surface area contributed by atoms with Crippen molar-refractivity contribution >= 4 is 0 Å². The van der Waals surface area contributed by atoms with E-state index in [4.69, 9.17) is 0 Å². The third kappa shape index (κ3) is 2.61. The Morgan fingerprint density at radius 3 is 2.38 bits per heavy atom. The van der Waals surface area contributed by atoms with E-state index in [0.717, 1.165) is 24.1 Å². The molecule has 1 aromatic rings. The van der Waals surface area contributed by atoms with Crippen molar-refractivity contribution in [1.29, 1.82) is 0 Å². The Morgan fingerprint density at radius 1 is 1.14 bits per heavy atom. The van der Waals surface area contributed by atoms with Gasteiger partial charge in [0.25, 0.3) is 0 Å². The Bertz CT molecular complexity index is 515. The van der Waals surface area contributed by atoms with Crippen LogP contribution in [-0.4, -0.2) is 12.6 Å². The molecule has 0 spiro atoms. The van der Waals surface area contributed by atoms with Crippen LogP contribution in [0.1, 0.15) is 45.6 Å². The molecule has 0 aromatic heterocycles. The summed E-state index contributed by atoms with van der Waals surface area (Å²) in [5.74, 6) is -0.166. The maximum absolute atomic E-state index is 13.2. The van der Waals surface area contributed by atoms with Crippen molar-refractivity contribution in [3.05, 3.63) is 35.4 Å². The van der Waals surface area contributed by atoms with Crippen LogP contribution >= 0.6 is 0 Å². The molecule has 0 aliphatic heterocycles. The number of hydrogen-bond donors (Lipinski definition) is 1. The lowest BCUT2D eigenvalue weighted by Gasteiger charge is -2.43. The Kier molecular flexibility index (Phi) is 3.59. The molecule has 2 fully saturated rings. The highest BCUT2D eigenvalue weighted by atomic mass is 19.1. The fourth-order valence-electron chi connectivity index (χ4n) is 4.93. The van der Waals surface area contributed by atoms with E-state index in [1.807, 2.05) is 0 Å². The van der Waals surface area contributed by atoms with Crippen LogP contribution in [0.2, 0.25) is 0 Å². The molecule has 1 N–H and O–H groups in total. The summed E-state index contributed by atoms with van der Waals surface area (Å²) >= 11 is 0. The minimum atomic E-state index is -0.489. The van der Waals surface area contributed by atoms with Gasteiger partial charge >= 0.3 is 0 Å². The summed E-state index contributed by atoms with van der Waals surface area (Å²) in [4.78, 5) is 0. The van der Waals surface area contributed by atoms with E-state index in [1.165, 1.54) is 31.4 Å². The zero-order valence-corrected chi connectivity index (χ0v) is 13.2. The number of hydrogen-bond acceptors (Lipinski definition) is 1. The molecule has 2 saturated carbocycles. The molecule has 2 bridgehead atoms. The number of fused-ring (bicyclic) bond motifs is 2. The van der Waals surface area contributed by atoms with Gasteiger partial charge in [-0.25, -0.2) is 8.78 Å². The van der Waals surface area contributed by atoms with Gasteiger partial charge in [0.1, 0.15) is 11.6 Å². The van der Waals surface area contributed by atoms with Crippen LogP contribution < -0.4 is 5.32 Å². The molecule has 0 saturated heterocycles. The summed E-state index contributed by atoms with van der Waals surface area (Å²) < 4.78 is 26.4. The monoisotopic (exact) mass is 293 g/mol. The summed E-state index contributed by atoms with van der Waals surface area (Å²) in [6.45, 7) is 7.89.